The van der Waals surface area contributed by atoms with Crippen LogP contribution in [0.5, 0.6) is 0 Å². The number of hydrogen-bond acceptors (Lipinski definition) is 4. The molecule has 0 aliphatic carbocycles. The number of thioether (sulfide) groups is 1. The summed E-state index contributed by atoms with van der Waals surface area (Å²) in [6, 6.07) is 16.6. The molecule has 4 rings (SSSR count). The lowest BCUT2D eigenvalue weighted by Gasteiger charge is -2.28. The standard InChI is InChI=1S/C28H29FN4OS/c1-19-5-6-22(15-20(19)2)28(3,4)25-17-32-27(33(25)24-9-7-23(29)8-10-24)35-18-26(34)31-16-21-11-13-30-14-12-21/h5-15,17H,16,18H2,1-4H3,(H,31,34). The van der Waals surface area contributed by atoms with Crippen molar-refractivity contribution in [3.63, 3.8) is 0 Å². The first-order valence-corrected chi connectivity index (χ1v) is 12.4. The molecule has 0 radical (unpaired) electrons. The van der Waals surface area contributed by atoms with Crippen LogP contribution in [0.1, 0.15) is 41.8 Å². The van der Waals surface area contributed by atoms with Crippen LogP contribution in [0.4, 0.5) is 4.39 Å². The van der Waals surface area contributed by atoms with Crippen LogP contribution in [-0.4, -0.2) is 26.2 Å². The van der Waals surface area contributed by atoms with E-state index in [0.29, 0.717) is 11.7 Å². The largest absolute Gasteiger partial charge is 0.351 e. The van der Waals surface area contributed by atoms with Crippen LogP contribution in [0.25, 0.3) is 5.69 Å². The van der Waals surface area contributed by atoms with Gasteiger partial charge in [-0.1, -0.05) is 43.8 Å². The molecule has 35 heavy (non-hydrogen) atoms. The fourth-order valence-electron chi connectivity index (χ4n) is 3.88. The van der Waals surface area contributed by atoms with E-state index in [9.17, 15) is 9.18 Å². The van der Waals surface area contributed by atoms with Crippen LogP contribution in [0.3, 0.4) is 0 Å². The number of rotatable bonds is 8. The third-order valence-corrected chi connectivity index (χ3v) is 7.21. The lowest BCUT2D eigenvalue weighted by Crippen LogP contribution is -2.25. The van der Waals surface area contributed by atoms with Gasteiger partial charge in [0, 0.05) is 30.0 Å². The maximum Gasteiger partial charge on any atom is 0.230 e. The lowest BCUT2D eigenvalue weighted by molar-refractivity contribution is -0.118. The minimum absolute atomic E-state index is 0.0876. The van der Waals surface area contributed by atoms with Gasteiger partial charge in [0.2, 0.25) is 5.91 Å². The van der Waals surface area contributed by atoms with Crippen LogP contribution in [0.15, 0.2) is 78.3 Å². The third-order valence-electron chi connectivity index (χ3n) is 6.25. The number of imidazole rings is 1. The van der Waals surface area contributed by atoms with Gasteiger partial charge in [0.1, 0.15) is 5.82 Å². The van der Waals surface area contributed by atoms with Gasteiger partial charge in [0.05, 0.1) is 17.6 Å². The van der Waals surface area contributed by atoms with E-state index in [1.165, 1.54) is 35.0 Å². The molecular weight excluding hydrogens is 459 g/mol. The lowest BCUT2D eigenvalue weighted by atomic mass is 9.80. The van der Waals surface area contributed by atoms with E-state index in [1.807, 2.05) is 22.9 Å². The van der Waals surface area contributed by atoms with Crippen molar-refractivity contribution in [2.75, 3.05) is 5.75 Å². The Balaban J connectivity index is 1.62. The number of nitrogens with zero attached hydrogens (tertiary/aromatic N) is 3. The second-order valence-corrected chi connectivity index (χ2v) is 10.0. The molecular formula is C28H29FN4OS. The number of hydrogen-bond donors (Lipinski definition) is 1. The molecule has 2 aromatic heterocycles. The topological polar surface area (TPSA) is 59.8 Å². The van der Waals surface area contributed by atoms with E-state index in [0.717, 1.165) is 22.5 Å². The summed E-state index contributed by atoms with van der Waals surface area (Å²) < 4.78 is 15.7. The van der Waals surface area contributed by atoms with Crippen molar-refractivity contribution in [1.82, 2.24) is 19.9 Å². The Labute approximate surface area is 209 Å². The van der Waals surface area contributed by atoms with Crippen molar-refractivity contribution in [2.45, 2.75) is 44.8 Å². The summed E-state index contributed by atoms with van der Waals surface area (Å²) in [4.78, 5) is 21.2. The number of carbonyl (C=O) groups excluding carboxylic acids is 1. The number of halogens is 1. The molecule has 0 aliphatic heterocycles. The van der Waals surface area contributed by atoms with Crippen molar-refractivity contribution in [2.24, 2.45) is 0 Å². The van der Waals surface area contributed by atoms with Crippen LogP contribution in [0, 0.1) is 19.7 Å². The van der Waals surface area contributed by atoms with Gasteiger partial charge < -0.3 is 5.32 Å². The van der Waals surface area contributed by atoms with Crippen LogP contribution in [0.2, 0.25) is 0 Å². The Bertz CT molecular complexity index is 1320. The highest BCUT2D eigenvalue weighted by Crippen LogP contribution is 2.36. The van der Waals surface area contributed by atoms with Gasteiger partial charge in [0.25, 0.3) is 0 Å². The monoisotopic (exact) mass is 488 g/mol. The first-order chi connectivity index (χ1) is 16.8. The van der Waals surface area contributed by atoms with Crippen molar-refractivity contribution in [3.05, 3.63) is 107 Å². The van der Waals surface area contributed by atoms with Crippen molar-refractivity contribution in [1.29, 1.82) is 0 Å². The Morgan fingerprint density at radius 1 is 1.03 bits per heavy atom. The van der Waals surface area contributed by atoms with Crippen LogP contribution >= 0.6 is 11.8 Å². The maximum atomic E-state index is 13.7. The number of nitrogens with one attached hydrogen (secondary N) is 1. The number of carbonyl (C=O) groups is 1. The summed E-state index contributed by atoms with van der Waals surface area (Å²) in [5.74, 6) is -0.170. The zero-order valence-electron chi connectivity index (χ0n) is 20.4. The average molecular weight is 489 g/mol. The highest BCUT2D eigenvalue weighted by Gasteiger charge is 2.30. The van der Waals surface area contributed by atoms with Crippen molar-refractivity contribution in [3.8, 4) is 5.69 Å². The summed E-state index contributed by atoms with van der Waals surface area (Å²) in [5, 5.41) is 3.62. The molecule has 2 heterocycles. The van der Waals surface area contributed by atoms with Gasteiger partial charge in [0.15, 0.2) is 5.16 Å². The smallest absolute Gasteiger partial charge is 0.230 e. The van der Waals surface area contributed by atoms with Gasteiger partial charge >= 0.3 is 0 Å². The van der Waals surface area contributed by atoms with Crippen LogP contribution < -0.4 is 5.32 Å². The second kappa shape index (κ2) is 10.4. The van der Waals surface area contributed by atoms with Gasteiger partial charge in [-0.05, 0) is 72.5 Å². The van der Waals surface area contributed by atoms with Crippen molar-refractivity contribution >= 4 is 17.7 Å². The molecule has 1 amide bonds. The first kappa shape index (κ1) is 24.7. The molecule has 0 fully saturated rings. The zero-order chi connectivity index (χ0) is 25.0. The molecule has 0 spiro atoms. The molecule has 180 valence electrons. The minimum atomic E-state index is -0.373. The van der Waals surface area contributed by atoms with Crippen LogP contribution in [-0.2, 0) is 16.8 Å². The summed E-state index contributed by atoms with van der Waals surface area (Å²) in [6.45, 7) is 8.97. The molecule has 0 atom stereocenters. The molecule has 0 bridgehead atoms. The summed E-state index contributed by atoms with van der Waals surface area (Å²) in [6.07, 6.45) is 5.26. The molecule has 0 aliphatic rings. The predicted molar refractivity (Wildman–Crippen MR) is 138 cm³/mol. The zero-order valence-corrected chi connectivity index (χ0v) is 21.2. The number of benzene rings is 2. The molecule has 1 N–H and O–H groups in total. The fraction of sp³-hybridized carbons (Fsp3) is 0.250. The van der Waals surface area contributed by atoms with E-state index in [4.69, 9.17) is 0 Å². The minimum Gasteiger partial charge on any atom is -0.351 e. The summed E-state index contributed by atoms with van der Waals surface area (Å²) in [5.41, 5.74) is 6.01. The van der Waals surface area contributed by atoms with Crippen molar-refractivity contribution < 1.29 is 9.18 Å². The van der Waals surface area contributed by atoms with Gasteiger partial charge in [-0.2, -0.15) is 0 Å². The molecule has 5 nitrogen and oxygen atoms in total. The van der Waals surface area contributed by atoms with E-state index >= 15 is 0 Å². The van der Waals surface area contributed by atoms with E-state index in [2.05, 4.69) is 61.2 Å². The molecule has 2 aromatic carbocycles. The highest BCUT2D eigenvalue weighted by atomic mass is 32.2. The second-order valence-electron chi connectivity index (χ2n) is 9.08. The normalized spacial score (nSPS) is 11.5. The molecule has 7 heteroatoms. The molecule has 0 saturated heterocycles. The van der Waals surface area contributed by atoms with Gasteiger partial charge in [-0.15, -0.1) is 0 Å². The molecule has 0 unspecified atom stereocenters. The first-order valence-electron chi connectivity index (χ1n) is 11.5. The Morgan fingerprint density at radius 2 is 1.74 bits per heavy atom. The van der Waals surface area contributed by atoms with E-state index < -0.39 is 0 Å². The van der Waals surface area contributed by atoms with E-state index in [1.54, 1.807) is 24.5 Å². The van der Waals surface area contributed by atoms with E-state index in [-0.39, 0.29) is 22.9 Å². The number of aryl methyl sites for hydroxylation is 2. The van der Waals surface area contributed by atoms with Gasteiger partial charge in [-0.25, -0.2) is 9.37 Å². The Hall–Kier alpha value is -3.45. The highest BCUT2D eigenvalue weighted by molar-refractivity contribution is 7.99. The Kier molecular flexibility index (Phi) is 7.36. The third kappa shape index (κ3) is 5.62. The van der Waals surface area contributed by atoms with Gasteiger partial charge in [-0.3, -0.25) is 14.3 Å². The Morgan fingerprint density at radius 3 is 2.43 bits per heavy atom. The SMILES string of the molecule is Cc1ccc(C(C)(C)c2cnc(SCC(=O)NCc3ccncc3)n2-c2ccc(F)cc2)cc1C. The summed E-state index contributed by atoms with van der Waals surface area (Å²) in [7, 11) is 0. The average Bonchev–Trinajstić information content (AvgIpc) is 3.29. The number of aromatic nitrogens is 3. The fourth-order valence-corrected chi connectivity index (χ4v) is 4.70. The number of pyridine rings is 1. The number of amides is 1. The predicted octanol–water partition coefficient (Wildman–Crippen LogP) is 5.76. The molecule has 4 aromatic rings. The maximum absolute atomic E-state index is 13.7. The molecule has 0 saturated carbocycles. The summed E-state index contributed by atoms with van der Waals surface area (Å²) >= 11 is 1.36. The quantitative estimate of drug-likeness (QED) is 0.321.